The first-order valence-electron chi connectivity index (χ1n) is 9.92. The van der Waals surface area contributed by atoms with E-state index in [-0.39, 0.29) is 11.6 Å². The predicted octanol–water partition coefficient (Wildman–Crippen LogP) is 5.14. The van der Waals surface area contributed by atoms with Gasteiger partial charge in [-0.3, -0.25) is 24.9 Å². The molecular weight excluding hydrogens is 426 g/mol. The molecule has 0 saturated carbocycles. The largest absolute Gasteiger partial charge is 0.307 e. The lowest BCUT2D eigenvalue weighted by atomic mass is 10.0. The Bertz CT molecular complexity index is 1320. The number of aromatic nitrogens is 3. The number of anilines is 1. The van der Waals surface area contributed by atoms with E-state index in [0.717, 1.165) is 21.7 Å². The van der Waals surface area contributed by atoms with Crippen LogP contribution in [0.3, 0.4) is 0 Å². The van der Waals surface area contributed by atoms with E-state index in [9.17, 15) is 14.9 Å². The van der Waals surface area contributed by atoms with Crippen LogP contribution in [0, 0.1) is 30.9 Å². The molecule has 0 radical (unpaired) electrons. The summed E-state index contributed by atoms with van der Waals surface area (Å²) in [5.41, 5.74) is 5.52. The van der Waals surface area contributed by atoms with E-state index in [0.29, 0.717) is 17.2 Å². The van der Waals surface area contributed by atoms with Gasteiger partial charge in [0.15, 0.2) is 5.13 Å². The van der Waals surface area contributed by atoms with E-state index in [1.165, 1.54) is 39.5 Å². The van der Waals surface area contributed by atoms with Crippen molar-refractivity contribution >= 4 is 28.1 Å². The van der Waals surface area contributed by atoms with E-state index in [1.807, 2.05) is 19.1 Å². The highest BCUT2D eigenvalue weighted by atomic mass is 32.1. The molecule has 0 unspecified atom stereocenters. The molecule has 2 heterocycles. The van der Waals surface area contributed by atoms with Crippen LogP contribution in [0.15, 0.2) is 54.9 Å². The number of carbonyl (C=O) groups is 1. The van der Waals surface area contributed by atoms with Crippen LogP contribution in [0.4, 0.5) is 10.8 Å². The zero-order chi connectivity index (χ0) is 22.8. The summed E-state index contributed by atoms with van der Waals surface area (Å²) in [7, 11) is 0. The fraction of sp³-hybridized carbons (Fsp3) is 0.174. The summed E-state index contributed by atoms with van der Waals surface area (Å²) in [6.45, 7) is 6.45. The zero-order valence-corrected chi connectivity index (χ0v) is 18.6. The number of rotatable bonds is 6. The van der Waals surface area contributed by atoms with Crippen molar-refractivity contribution in [2.75, 3.05) is 5.32 Å². The van der Waals surface area contributed by atoms with Crippen LogP contribution < -0.4 is 5.32 Å². The normalized spacial score (nSPS) is 10.8. The van der Waals surface area contributed by atoms with Gasteiger partial charge in [-0.25, -0.2) is 4.98 Å². The molecule has 0 aliphatic rings. The van der Waals surface area contributed by atoms with Gasteiger partial charge in [-0.2, -0.15) is 5.10 Å². The van der Waals surface area contributed by atoms with E-state index in [1.54, 1.807) is 18.2 Å². The van der Waals surface area contributed by atoms with Crippen molar-refractivity contribution in [3.8, 4) is 11.3 Å². The van der Waals surface area contributed by atoms with Gasteiger partial charge in [0.25, 0.3) is 5.91 Å². The molecule has 162 valence electrons. The first-order chi connectivity index (χ1) is 15.3. The summed E-state index contributed by atoms with van der Waals surface area (Å²) in [5.74, 6) is -0.265. The number of nitrogens with one attached hydrogen (secondary N) is 1. The molecule has 1 amide bonds. The first kappa shape index (κ1) is 21.4. The summed E-state index contributed by atoms with van der Waals surface area (Å²) in [4.78, 5) is 28.8. The number of aryl methyl sites for hydroxylation is 3. The molecule has 0 aliphatic carbocycles. The van der Waals surface area contributed by atoms with E-state index < -0.39 is 4.92 Å². The molecule has 2 aromatic heterocycles. The Hall–Kier alpha value is -3.85. The van der Waals surface area contributed by atoms with Crippen LogP contribution >= 0.6 is 11.3 Å². The molecule has 32 heavy (non-hydrogen) atoms. The Morgan fingerprint density at radius 3 is 2.69 bits per heavy atom. The third kappa shape index (κ3) is 4.57. The number of hydrogen-bond acceptors (Lipinski definition) is 6. The third-order valence-electron chi connectivity index (χ3n) is 5.16. The van der Waals surface area contributed by atoms with Crippen LogP contribution in [-0.2, 0) is 6.54 Å². The summed E-state index contributed by atoms with van der Waals surface area (Å²) in [6, 6.07) is 13.3. The maximum Gasteiger partial charge on any atom is 0.307 e. The van der Waals surface area contributed by atoms with Gasteiger partial charge in [-0.15, -0.1) is 11.3 Å². The number of thiazole rings is 1. The number of amides is 1. The smallest absolute Gasteiger partial charge is 0.298 e. The lowest BCUT2D eigenvalue weighted by molar-refractivity contribution is -0.385. The van der Waals surface area contributed by atoms with Crippen LogP contribution in [0.5, 0.6) is 0 Å². The minimum Gasteiger partial charge on any atom is -0.298 e. The van der Waals surface area contributed by atoms with Crippen molar-refractivity contribution in [3.63, 3.8) is 0 Å². The van der Waals surface area contributed by atoms with Crippen LogP contribution in [0.2, 0.25) is 0 Å². The van der Waals surface area contributed by atoms with Gasteiger partial charge < -0.3 is 0 Å². The van der Waals surface area contributed by atoms with Gasteiger partial charge in [0.1, 0.15) is 12.4 Å². The SMILES string of the molecule is Cc1ccc(-c2nc(NC(=O)c3cccc(Cn4cc([N+](=O)[O-])cn4)c3)sc2C)cc1C. The fourth-order valence-corrected chi connectivity index (χ4v) is 4.14. The molecule has 0 fully saturated rings. The van der Waals surface area contributed by atoms with Crippen LogP contribution in [0.1, 0.15) is 31.9 Å². The van der Waals surface area contributed by atoms with E-state index in [2.05, 4.69) is 41.4 Å². The van der Waals surface area contributed by atoms with E-state index >= 15 is 0 Å². The molecule has 0 saturated heterocycles. The van der Waals surface area contributed by atoms with Gasteiger partial charge in [-0.05, 0) is 55.7 Å². The summed E-state index contributed by atoms with van der Waals surface area (Å²) in [5, 5.41) is 18.2. The van der Waals surface area contributed by atoms with Crippen molar-refractivity contribution in [2.24, 2.45) is 0 Å². The van der Waals surface area contributed by atoms with Gasteiger partial charge in [0.2, 0.25) is 0 Å². The highest BCUT2D eigenvalue weighted by Gasteiger charge is 2.15. The Kier molecular flexibility index (Phi) is 5.83. The zero-order valence-electron chi connectivity index (χ0n) is 17.8. The summed E-state index contributed by atoms with van der Waals surface area (Å²) < 4.78 is 1.47. The lowest BCUT2D eigenvalue weighted by Crippen LogP contribution is -2.12. The summed E-state index contributed by atoms with van der Waals surface area (Å²) in [6.07, 6.45) is 2.56. The monoisotopic (exact) mass is 447 g/mol. The highest BCUT2D eigenvalue weighted by molar-refractivity contribution is 7.16. The Balaban J connectivity index is 1.50. The molecule has 0 spiro atoms. The average Bonchev–Trinajstić information content (AvgIpc) is 3.37. The number of hydrogen-bond donors (Lipinski definition) is 1. The molecule has 1 N–H and O–H groups in total. The van der Waals surface area contributed by atoms with Crippen molar-refractivity contribution in [1.29, 1.82) is 0 Å². The van der Waals surface area contributed by atoms with E-state index in [4.69, 9.17) is 0 Å². The summed E-state index contributed by atoms with van der Waals surface area (Å²) >= 11 is 1.43. The predicted molar refractivity (Wildman–Crippen MR) is 124 cm³/mol. The molecule has 2 aromatic carbocycles. The number of nitrogens with zero attached hydrogens (tertiary/aromatic N) is 4. The lowest BCUT2D eigenvalue weighted by Gasteiger charge is -2.06. The van der Waals surface area contributed by atoms with Gasteiger partial charge in [-0.1, -0.05) is 24.3 Å². The molecule has 4 aromatic rings. The topological polar surface area (TPSA) is 103 Å². The van der Waals surface area contributed by atoms with Crippen LogP contribution in [0.25, 0.3) is 11.3 Å². The maximum atomic E-state index is 12.8. The molecule has 8 nitrogen and oxygen atoms in total. The van der Waals surface area contributed by atoms with Crippen molar-refractivity contribution in [1.82, 2.24) is 14.8 Å². The van der Waals surface area contributed by atoms with Crippen molar-refractivity contribution in [3.05, 3.63) is 92.1 Å². The Labute approximate surface area is 188 Å². The van der Waals surface area contributed by atoms with Crippen molar-refractivity contribution in [2.45, 2.75) is 27.3 Å². The first-order valence-corrected chi connectivity index (χ1v) is 10.7. The number of benzene rings is 2. The Morgan fingerprint density at radius 2 is 1.97 bits per heavy atom. The quantitative estimate of drug-likeness (QED) is 0.326. The molecule has 0 atom stereocenters. The number of carbonyl (C=O) groups excluding carboxylic acids is 1. The van der Waals surface area contributed by atoms with Gasteiger partial charge >= 0.3 is 5.69 Å². The second kappa shape index (κ2) is 8.72. The standard InChI is InChI=1S/C23H21N5O3S/c1-14-7-8-18(9-15(14)2)21-16(3)32-23(25-21)26-22(29)19-6-4-5-17(10-19)12-27-13-20(11-24-27)28(30)31/h4-11,13H,12H2,1-3H3,(H,25,26,29). The van der Waals surface area contributed by atoms with Gasteiger partial charge in [0, 0.05) is 16.0 Å². The molecule has 0 bridgehead atoms. The van der Waals surface area contributed by atoms with Crippen LogP contribution in [-0.4, -0.2) is 25.6 Å². The maximum absolute atomic E-state index is 12.8. The average molecular weight is 448 g/mol. The minimum atomic E-state index is -0.491. The fourth-order valence-electron chi connectivity index (χ4n) is 3.31. The third-order valence-corrected chi connectivity index (χ3v) is 6.05. The second-order valence-electron chi connectivity index (χ2n) is 7.53. The minimum absolute atomic E-state index is 0.0717. The van der Waals surface area contributed by atoms with Crippen molar-refractivity contribution < 1.29 is 9.72 Å². The molecule has 0 aliphatic heterocycles. The molecular formula is C23H21N5O3S. The molecule has 9 heteroatoms. The van der Waals surface area contributed by atoms with Gasteiger partial charge in [0.05, 0.1) is 17.2 Å². The highest BCUT2D eigenvalue weighted by Crippen LogP contribution is 2.31. The molecule has 4 rings (SSSR count). The number of nitro groups is 1. The Morgan fingerprint density at radius 1 is 1.16 bits per heavy atom. The second-order valence-corrected chi connectivity index (χ2v) is 8.73.